The van der Waals surface area contributed by atoms with Crippen molar-refractivity contribution in [3.05, 3.63) is 64.0 Å². The summed E-state index contributed by atoms with van der Waals surface area (Å²) >= 11 is 7.28. The fourth-order valence-electron chi connectivity index (χ4n) is 2.13. The first-order chi connectivity index (χ1) is 12.6. The number of nitrogens with zero attached hydrogens (tertiary/aromatic N) is 2. The van der Waals surface area contributed by atoms with Gasteiger partial charge in [0.25, 0.3) is 0 Å². The Morgan fingerprint density at radius 1 is 1.23 bits per heavy atom. The van der Waals surface area contributed by atoms with E-state index in [4.69, 9.17) is 26.8 Å². The van der Waals surface area contributed by atoms with Crippen LogP contribution >= 0.6 is 22.9 Å². The molecule has 1 aromatic heterocycles. The van der Waals surface area contributed by atoms with Crippen molar-refractivity contribution in [2.75, 3.05) is 18.3 Å². The second-order valence-electron chi connectivity index (χ2n) is 5.27. The zero-order valence-corrected chi connectivity index (χ0v) is 15.6. The maximum absolute atomic E-state index is 5.90. The summed E-state index contributed by atoms with van der Waals surface area (Å²) in [4.78, 5) is 4.07. The molecule has 0 aliphatic carbocycles. The molecule has 0 saturated heterocycles. The first-order valence-electron chi connectivity index (χ1n) is 7.69. The van der Waals surface area contributed by atoms with E-state index in [0.717, 1.165) is 11.1 Å². The number of ether oxygens (including phenoxy) is 2. The van der Waals surface area contributed by atoms with Gasteiger partial charge in [-0.15, -0.1) is 11.3 Å². The normalized spacial score (nSPS) is 10.8. The lowest BCUT2D eigenvalue weighted by Crippen LogP contribution is -1.99. The van der Waals surface area contributed by atoms with Gasteiger partial charge in [-0.2, -0.15) is 5.10 Å². The van der Waals surface area contributed by atoms with Crippen LogP contribution in [0.2, 0.25) is 5.02 Å². The molecule has 0 radical (unpaired) electrons. The van der Waals surface area contributed by atoms with E-state index in [1.54, 1.807) is 18.7 Å². The van der Waals surface area contributed by atoms with Crippen molar-refractivity contribution in [2.24, 2.45) is 5.10 Å². The second kappa shape index (κ2) is 8.55. The highest BCUT2D eigenvalue weighted by Gasteiger charge is 2.06. The molecule has 0 atom stereocenters. The van der Waals surface area contributed by atoms with Gasteiger partial charge in [0.2, 0.25) is 5.13 Å². The number of hydrazone groups is 1. The average molecular weight is 389 g/mol. The van der Waals surface area contributed by atoms with Crippen LogP contribution in [0.4, 0.5) is 10.9 Å². The Kier molecular flexibility index (Phi) is 5.93. The van der Waals surface area contributed by atoms with Crippen molar-refractivity contribution in [1.82, 2.24) is 4.98 Å². The van der Waals surface area contributed by atoms with Gasteiger partial charge in [0, 0.05) is 10.4 Å². The van der Waals surface area contributed by atoms with Crippen LogP contribution in [0.1, 0.15) is 11.1 Å². The van der Waals surface area contributed by atoms with Gasteiger partial charge in [0.15, 0.2) is 11.5 Å². The van der Waals surface area contributed by atoms with Crippen LogP contribution < -0.4 is 20.6 Å². The molecule has 8 heteroatoms. The van der Waals surface area contributed by atoms with E-state index >= 15 is 0 Å². The van der Waals surface area contributed by atoms with Gasteiger partial charge in [0.05, 0.1) is 13.3 Å². The van der Waals surface area contributed by atoms with E-state index in [9.17, 15) is 0 Å². The summed E-state index contributed by atoms with van der Waals surface area (Å²) in [6, 6.07) is 13.1. The van der Waals surface area contributed by atoms with Crippen molar-refractivity contribution in [2.45, 2.75) is 6.61 Å². The highest BCUT2D eigenvalue weighted by molar-refractivity contribution is 7.14. The number of hydrogen-bond acceptors (Lipinski definition) is 7. The van der Waals surface area contributed by atoms with Gasteiger partial charge in [-0.1, -0.05) is 23.7 Å². The molecular formula is C18H17ClN4O2S. The van der Waals surface area contributed by atoms with E-state index in [-0.39, 0.29) is 0 Å². The highest BCUT2D eigenvalue weighted by Crippen LogP contribution is 2.28. The molecule has 3 N–H and O–H groups in total. The largest absolute Gasteiger partial charge is 0.493 e. The van der Waals surface area contributed by atoms with Crippen LogP contribution in [0.5, 0.6) is 11.5 Å². The van der Waals surface area contributed by atoms with Gasteiger partial charge < -0.3 is 15.2 Å². The predicted molar refractivity (Wildman–Crippen MR) is 107 cm³/mol. The maximum Gasteiger partial charge on any atom is 0.205 e. The molecule has 26 heavy (non-hydrogen) atoms. The number of methoxy groups -OCH3 is 1. The number of benzene rings is 2. The third-order valence-corrected chi connectivity index (χ3v) is 4.41. The topological polar surface area (TPSA) is 81.8 Å². The standard InChI is InChI=1S/C18H17ClN4O2S/c1-24-15-7-4-13(9-21-23-18-22-17(20)11-26-18)8-16(15)25-10-12-2-5-14(19)6-3-12/h2-9,11H,10,20H2,1H3,(H,22,23). The molecule has 2 aromatic carbocycles. The quantitative estimate of drug-likeness (QED) is 0.462. The number of aromatic nitrogens is 1. The van der Waals surface area contributed by atoms with Gasteiger partial charge in [-0.3, -0.25) is 5.43 Å². The zero-order chi connectivity index (χ0) is 18.4. The predicted octanol–water partition coefficient (Wildman–Crippen LogP) is 4.41. The van der Waals surface area contributed by atoms with Crippen LogP contribution in [-0.4, -0.2) is 18.3 Å². The molecule has 0 aliphatic rings. The zero-order valence-electron chi connectivity index (χ0n) is 14.0. The van der Waals surface area contributed by atoms with Crippen molar-refractivity contribution in [3.63, 3.8) is 0 Å². The first kappa shape index (κ1) is 18.0. The summed E-state index contributed by atoms with van der Waals surface area (Å²) in [6.07, 6.45) is 1.67. The third kappa shape index (κ3) is 4.87. The van der Waals surface area contributed by atoms with Gasteiger partial charge in [-0.05, 0) is 41.5 Å². The smallest absolute Gasteiger partial charge is 0.205 e. The van der Waals surface area contributed by atoms with Crippen molar-refractivity contribution in [1.29, 1.82) is 0 Å². The summed E-state index contributed by atoms with van der Waals surface area (Å²) < 4.78 is 11.2. The van der Waals surface area contributed by atoms with Crippen LogP contribution in [0.15, 0.2) is 52.9 Å². The van der Waals surface area contributed by atoms with E-state index in [1.807, 2.05) is 42.5 Å². The molecule has 0 spiro atoms. The van der Waals surface area contributed by atoms with Gasteiger partial charge >= 0.3 is 0 Å². The van der Waals surface area contributed by atoms with Crippen LogP contribution in [0.25, 0.3) is 0 Å². The lowest BCUT2D eigenvalue weighted by atomic mass is 10.2. The number of halogens is 1. The van der Waals surface area contributed by atoms with E-state index in [1.165, 1.54) is 11.3 Å². The molecule has 0 fully saturated rings. The Balaban J connectivity index is 1.68. The minimum atomic E-state index is 0.408. The lowest BCUT2D eigenvalue weighted by molar-refractivity contribution is 0.284. The monoisotopic (exact) mass is 388 g/mol. The Bertz CT molecular complexity index is 896. The Hall–Kier alpha value is -2.77. The average Bonchev–Trinajstić information content (AvgIpc) is 3.06. The maximum atomic E-state index is 5.90. The van der Waals surface area contributed by atoms with Crippen molar-refractivity contribution < 1.29 is 9.47 Å². The van der Waals surface area contributed by atoms with Crippen molar-refractivity contribution >= 4 is 40.1 Å². The van der Waals surface area contributed by atoms with Gasteiger partial charge in [0.1, 0.15) is 12.4 Å². The molecular weight excluding hydrogens is 372 g/mol. The van der Waals surface area contributed by atoms with Gasteiger partial charge in [-0.25, -0.2) is 4.98 Å². The second-order valence-corrected chi connectivity index (χ2v) is 6.57. The minimum absolute atomic E-state index is 0.408. The number of thiazole rings is 1. The molecule has 0 amide bonds. The summed E-state index contributed by atoms with van der Waals surface area (Å²) in [7, 11) is 1.60. The first-order valence-corrected chi connectivity index (χ1v) is 8.95. The fourth-order valence-corrected chi connectivity index (χ4v) is 2.80. The molecule has 1 heterocycles. The third-order valence-electron chi connectivity index (χ3n) is 3.39. The minimum Gasteiger partial charge on any atom is -0.493 e. The Morgan fingerprint density at radius 3 is 2.73 bits per heavy atom. The molecule has 3 aromatic rings. The Morgan fingerprint density at radius 2 is 2.04 bits per heavy atom. The number of anilines is 2. The molecule has 0 saturated carbocycles. The van der Waals surface area contributed by atoms with Crippen molar-refractivity contribution in [3.8, 4) is 11.5 Å². The van der Waals surface area contributed by atoms with E-state index < -0.39 is 0 Å². The molecule has 0 bridgehead atoms. The number of nitrogens with one attached hydrogen (secondary N) is 1. The highest BCUT2D eigenvalue weighted by atomic mass is 35.5. The van der Waals surface area contributed by atoms with Crippen LogP contribution in [0.3, 0.4) is 0 Å². The summed E-state index contributed by atoms with van der Waals surface area (Å²) in [5.74, 6) is 1.75. The van der Waals surface area contributed by atoms with E-state index in [2.05, 4.69) is 15.5 Å². The molecule has 0 unspecified atom stereocenters. The number of nitrogens with two attached hydrogens (primary N) is 1. The van der Waals surface area contributed by atoms with Crippen LogP contribution in [0, 0.1) is 0 Å². The molecule has 6 nitrogen and oxygen atoms in total. The SMILES string of the molecule is COc1ccc(C=NNc2nc(N)cs2)cc1OCc1ccc(Cl)cc1. The molecule has 3 rings (SSSR count). The number of rotatable bonds is 7. The summed E-state index contributed by atoms with van der Waals surface area (Å²) in [5.41, 5.74) is 10.3. The molecule has 134 valence electrons. The lowest BCUT2D eigenvalue weighted by Gasteiger charge is -2.11. The number of nitrogen functional groups attached to an aromatic ring is 1. The van der Waals surface area contributed by atoms with E-state index in [0.29, 0.717) is 34.1 Å². The summed E-state index contributed by atoms with van der Waals surface area (Å²) in [6.45, 7) is 0.408. The molecule has 0 aliphatic heterocycles. The number of hydrogen-bond donors (Lipinski definition) is 2. The van der Waals surface area contributed by atoms with Crippen LogP contribution in [-0.2, 0) is 6.61 Å². The Labute approximate surface area is 160 Å². The fraction of sp³-hybridized carbons (Fsp3) is 0.111. The summed E-state index contributed by atoms with van der Waals surface area (Å²) in [5, 5.41) is 7.22.